The number of esters is 1. The Labute approximate surface area is 243 Å². The molecule has 1 aromatic heterocycles. The molecule has 9 heteroatoms. The molecule has 0 saturated heterocycles. The number of benzene rings is 3. The number of ether oxygens (including phenoxy) is 3. The molecule has 0 N–H and O–H groups in total. The molecule has 1 aliphatic heterocycles. The topological polar surface area (TPSA) is 79.1 Å². The lowest BCUT2D eigenvalue weighted by Gasteiger charge is -2.25. The molecule has 0 fully saturated rings. The maximum atomic E-state index is 14.0. The molecule has 0 spiro atoms. The molecule has 4 aromatic rings. The van der Waals surface area contributed by atoms with Crippen LogP contribution in [0.2, 0.25) is 0 Å². The molecule has 40 heavy (non-hydrogen) atoms. The number of thiazole rings is 1. The predicted octanol–water partition coefficient (Wildman–Crippen LogP) is 5.15. The molecule has 7 nitrogen and oxygen atoms in total. The van der Waals surface area contributed by atoms with Crippen LogP contribution in [0.25, 0.3) is 6.08 Å². The Hall–Kier alpha value is -3.95. The number of carbonyl (C=O) groups excluding carboxylic acids is 1. The van der Waals surface area contributed by atoms with Gasteiger partial charge < -0.3 is 14.2 Å². The number of nitrogens with zero attached hydrogens (tertiary/aromatic N) is 2. The highest BCUT2D eigenvalue weighted by molar-refractivity contribution is 9.10. The minimum absolute atomic E-state index is 0.207. The van der Waals surface area contributed by atoms with Crippen LogP contribution < -0.4 is 24.4 Å². The lowest BCUT2D eigenvalue weighted by molar-refractivity contribution is -0.139. The van der Waals surface area contributed by atoms with Gasteiger partial charge in [0.15, 0.2) is 4.80 Å². The van der Waals surface area contributed by atoms with Crippen molar-refractivity contribution in [2.75, 3.05) is 13.7 Å². The number of halogens is 1. The first-order valence-electron chi connectivity index (χ1n) is 12.7. The molecule has 0 aliphatic carbocycles. The number of fused-ring (bicyclic) bond motifs is 1. The third kappa shape index (κ3) is 5.52. The van der Waals surface area contributed by atoms with E-state index in [0.717, 1.165) is 16.7 Å². The summed E-state index contributed by atoms with van der Waals surface area (Å²) in [5.74, 6) is 0.799. The van der Waals surface area contributed by atoms with E-state index >= 15 is 0 Å². The van der Waals surface area contributed by atoms with Crippen molar-refractivity contribution in [2.45, 2.75) is 26.5 Å². The smallest absolute Gasteiger partial charge is 0.338 e. The average Bonchev–Trinajstić information content (AvgIpc) is 3.26. The summed E-state index contributed by atoms with van der Waals surface area (Å²) in [5.41, 5.74) is 3.12. The van der Waals surface area contributed by atoms with Gasteiger partial charge in [-0.3, -0.25) is 9.36 Å². The Balaban J connectivity index is 1.62. The summed E-state index contributed by atoms with van der Waals surface area (Å²) in [4.78, 5) is 32.3. The van der Waals surface area contributed by atoms with Gasteiger partial charge in [-0.05, 0) is 65.2 Å². The number of carbonyl (C=O) groups is 1. The van der Waals surface area contributed by atoms with Crippen molar-refractivity contribution < 1.29 is 19.0 Å². The molecule has 1 aliphatic rings. The van der Waals surface area contributed by atoms with Crippen molar-refractivity contribution in [3.63, 3.8) is 0 Å². The highest BCUT2D eigenvalue weighted by Crippen LogP contribution is 2.35. The van der Waals surface area contributed by atoms with E-state index in [1.54, 1.807) is 31.6 Å². The number of hydrogen-bond donors (Lipinski definition) is 0. The number of hydrogen-bond acceptors (Lipinski definition) is 7. The summed E-state index contributed by atoms with van der Waals surface area (Å²) in [6.45, 7) is 4.13. The fourth-order valence-electron chi connectivity index (χ4n) is 4.57. The van der Waals surface area contributed by atoms with Crippen molar-refractivity contribution in [3.05, 3.63) is 125 Å². The first-order chi connectivity index (χ1) is 19.4. The minimum Gasteiger partial charge on any atom is -0.496 e. The SMILES string of the molecule is CCOC(=O)C1=C(C)N=c2s/c(=C/c3ccccc3OCc3ccccc3)c(=O)n2[C@H]1c1ccc(OC)c(Br)c1. The summed E-state index contributed by atoms with van der Waals surface area (Å²) < 4.78 is 19.6. The van der Waals surface area contributed by atoms with Crippen LogP contribution in [0.3, 0.4) is 0 Å². The van der Waals surface area contributed by atoms with E-state index in [1.807, 2.05) is 72.8 Å². The maximum absolute atomic E-state index is 14.0. The number of rotatable bonds is 8. The van der Waals surface area contributed by atoms with Crippen molar-refractivity contribution in [1.82, 2.24) is 4.57 Å². The van der Waals surface area contributed by atoms with Crippen LogP contribution in [0.1, 0.15) is 36.6 Å². The van der Waals surface area contributed by atoms with Gasteiger partial charge in [0.2, 0.25) is 0 Å². The molecule has 2 heterocycles. The zero-order valence-electron chi connectivity index (χ0n) is 22.2. The van der Waals surface area contributed by atoms with E-state index in [0.29, 0.717) is 43.2 Å². The predicted molar refractivity (Wildman–Crippen MR) is 158 cm³/mol. The molecule has 0 unspecified atom stereocenters. The largest absolute Gasteiger partial charge is 0.496 e. The number of allylic oxidation sites excluding steroid dienone is 1. The number of para-hydroxylation sites is 1. The van der Waals surface area contributed by atoms with Gasteiger partial charge in [0.1, 0.15) is 18.1 Å². The highest BCUT2D eigenvalue weighted by atomic mass is 79.9. The Bertz CT molecular complexity index is 1780. The summed E-state index contributed by atoms with van der Waals surface area (Å²) in [5, 5.41) is 0. The fraction of sp³-hybridized carbons (Fsp3) is 0.194. The van der Waals surface area contributed by atoms with Crippen LogP contribution in [0.5, 0.6) is 11.5 Å². The first-order valence-corrected chi connectivity index (χ1v) is 14.3. The Morgan fingerprint density at radius 1 is 1.07 bits per heavy atom. The molecule has 0 radical (unpaired) electrons. The Morgan fingerprint density at radius 3 is 2.55 bits per heavy atom. The van der Waals surface area contributed by atoms with Crippen molar-refractivity contribution in [1.29, 1.82) is 0 Å². The van der Waals surface area contributed by atoms with Gasteiger partial charge in [0.25, 0.3) is 5.56 Å². The number of aromatic nitrogens is 1. The van der Waals surface area contributed by atoms with Gasteiger partial charge >= 0.3 is 5.97 Å². The Kier molecular flexibility index (Phi) is 8.32. The van der Waals surface area contributed by atoms with Crippen LogP contribution in [0, 0.1) is 0 Å². The van der Waals surface area contributed by atoms with Crippen molar-refractivity contribution in [3.8, 4) is 11.5 Å². The van der Waals surface area contributed by atoms with E-state index in [9.17, 15) is 9.59 Å². The van der Waals surface area contributed by atoms with Gasteiger partial charge in [-0.15, -0.1) is 0 Å². The standard InChI is InChI=1S/C31H27BrN2O5S/c1-4-38-30(36)27-19(2)33-31-34(28(27)22-14-15-25(37-3)23(32)16-22)29(35)26(40-31)17-21-12-8-9-13-24(21)39-18-20-10-6-5-7-11-20/h5-17,28H,4,18H2,1-3H3/b26-17+/t28-/m0/s1. The summed E-state index contributed by atoms with van der Waals surface area (Å²) in [7, 11) is 1.58. The molecule has 0 amide bonds. The quantitative estimate of drug-likeness (QED) is 0.255. The number of methoxy groups -OCH3 is 1. The first kappa shape index (κ1) is 27.6. The van der Waals surface area contributed by atoms with Gasteiger partial charge in [-0.1, -0.05) is 65.9 Å². The maximum Gasteiger partial charge on any atom is 0.338 e. The second kappa shape index (κ2) is 12.1. The van der Waals surface area contributed by atoms with E-state index in [2.05, 4.69) is 20.9 Å². The normalized spacial score (nSPS) is 14.9. The van der Waals surface area contributed by atoms with Gasteiger partial charge in [-0.25, -0.2) is 9.79 Å². The van der Waals surface area contributed by atoms with Gasteiger partial charge in [0.05, 0.1) is 40.0 Å². The van der Waals surface area contributed by atoms with E-state index in [-0.39, 0.29) is 12.2 Å². The minimum atomic E-state index is -0.718. The lowest BCUT2D eigenvalue weighted by Crippen LogP contribution is -2.40. The highest BCUT2D eigenvalue weighted by Gasteiger charge is 2.33. The average molecular weight is 620 g/mol. The Morgan fingerprint density at radius 2 is 1.82 bits per heavy atom. The molecule has 204 valence electrons. The molecule has 3 aromatic carbocycles. The summed E-state index contributed by atoms with van der Waals surface area (Å²) in [6, 6.07) is 22.3. The third-order valence-electron chi connectivity index (χ3n) is 6.45. The van der Waals surface area contributed by atoms with Crippen LogP contribution in [0.15, 0.2) is 98.3 Å². The van der Waals surface area contributed by atoms with Crippen molar-refractivity contribution >= 4 is 39.3 Å². The van der Waals surface area contributed by atoms with E-state index < -0.39 is 12.0 Å². The third-order valence-corrected chi connectivity index (χ3v) is 8.05. The van der Waals surface area contributed by atoms with E-state index in [4.69, 9.17) is 14.2 Å². The zero-order valence-corrected chi connectivity index (χ0v) is 24.6. The van der Waals surface area contributed by atoms with Gasteiger partial charge in [-0.2, -0.15) is 0 Å². The summed E-state index contributed by atoms with van der Waals surface area (Å²) >= 11 is 4.81. The molecule has 0 saturated carbocycles. The van der Waals surface area contributed by atoms with Gasteiger partial charge in [0, 0.05) is 5.56 Å². The molecule has 0 bridgehead atoms. The molecule has 5 rings (SSSR count). The molecular formula is C31H27BrN2O5S. The van der Waals surface area contributed by atoms with Crippen LogP contribution in [-0.4, -0.2) is 24.3 Å². The zero-order chi connectivity index (χ0) is 28.2. The van der Waals surface area contributed by atoms with Crippen molar-refractivity contribution in [2.24, 2.45) is 4.99 Å². The van der Waals surface area contributed by atoms with Crippen LogP contribution in [0.4, 0.5) is 0 Å². The second-order valence-corrected chi connectivity index (χ2v) is 10.9. The molecular weight excluding hydrogens is 592 g/mol. The second-order valence-electron chi connectivity index (χ2n) is 9.01. The lowest BCUT2D eigenvalue weighted by atomic mass is 9.96. The van der Waals surface area contributed by atoms with E-state index in [1.165, 1.54) is 11.3 Å². The van der Waals surface area contributed by atoms with Crippen LogP contribution in [-0.2, 0) is 16.1 Å². The van der Waals surface area contributed by atoms with Crippen LogP contribution >= 0.6 is 27.3 Å². The monoisotopic (exact) mass is 618 g/mol. The fourth-order valence-corrected chi connectivity index (χ4v) is 6.16. The summed E-state index contributed by atoms with van der Waals surface area (Å²) in [6.07, 6.45) is 1.81. The molecule has 1 atom stereocenters.